The van der Waals surface area contributed by atoms with Crippen molar-refractivity contribution >= 4 is 5.97 Å². The van der Waals surface area contributed by atoms with E-state index in [0.29, 0.717) is 18.2 Å². The molecule has 0 spiro atoms. The summed E-state index contributed by atoms with van der Waals surface area (Å²) in [5.41, 5.74) is 1.84. The minimum atomic E-state index is -0.219. The van der Waals surface area contributed by atoms with Crippen molar-refractivity contribution in [3.05, 3.63) is 35.4 Å². The van der Waals surface area contributed by atoms with Gasteiger partial charge in [0.05, 0.1) is 12.2 Å². The van der Waals surface area contributed by atoms with Crippen LogP contribution in [0.2, 0.25) is 0 Å². The number of carbonyl (C=O) groups excluding carboxylic acids is 1. The van der Waals surface area contributed by atoms with Crippen molar-refractivity contribution in [3.8, 4) is 0 Å². The Kier molecular flexibility index (Phi) is 4.14. The van der Waals surface area contributed by atoms with Crippen molar-refractivity contribution in [2.24, 2.45) is 23.7 Å². The lowest BCUT2D eigenvalue weighted by Crippen LogP contribution is -2.38. The molecule has 0 saturated heterocycles. The molecular formula is C20H27NO2. The van der Waals surface area contributed by atoms with Crippen molar-refractivity contribution < 1.29 is 9.53 Å². The van der Waals surface area contributed by atoms with Crippen LogP contribution in [0.3, 0.4) is 0 Å². The first-order chi connectivity index (χ1) is 11.3. The van der Waals surface area contributed by atoms with Gasteiger partial charge in [0.15, 0.2) is 0 Å². The predicted molar refractivity (Wildman–Crippen MR) is 90.1 cm³/mol. The van der Waals surface area contributed by atoms with E-state index in [2.05, 4.69) is 11.4 Å². The molecule has 2 bridgehead atoms. The number of esters is 1. The molecule has 3 saturated carbocycles. The number of ether oxygens (including phenoxy) is 1. The highest BCUT2D eigenvalue weighted by Crippen LogP contribution is 2.58. The molecule has 1 N–H and O–H groups in total. The minimum Gasteiger partial charge on any atom is -0.462 e. The molecule has 3 aliphatic rings. The van der Waals surface area contributed by atoms with Crippen LogP contribution in [0.15, 0.2) is 24.3 Å². The molecule has 3 aliphatic carbocycles. The van der Waals surface area contributed by atoms with E-state index < -0.39 is 0 Å². The van der Waals surface area contributed by atoms with Crippen LogP contribution in [-0.2, 0) is 11.3 Å². The summed E-state index contributed by atoms with van der Waals surface area (Å²) in [7, 11) is 0. The zero-order valence-corrected chi connectivity index (χ0v) is 14.0. The second kappa shape index (κ2) is 6.27. The summed E-state index contributed by atoms with van der Waals surface area (Å²) in [5, 5.41) is 3.79. The third kappa shape index (κ3) is 2.80. The Hall–Kier alpha value is -1.35. The Morgan fingerprint density at radius 1 is 1.22 bits per heavy atom. The Bertz CT molecular complexity index is 585. The Balaban J connectivity index is 1.37. The zero-order chi connectivity index (χ0) is 15.8. The molecule has 0 aliphatic heterocycles. The Morgan fingerprint density at radius 2 is 2.09 bits per heavy atom. The van der Waals surface area contributed by atoms with Crippen molar-refractivity contribution in [1.29, 1.82) is 0 Å². The van der Waals surface area contributed by atoms with Gasteiger partial charge in [0, 0.05) is 12.6 Å². The summed E-state index contributed by atoms with van der Waals surface area (Å²) < 4.78 is 5.09. The maximum absolute atomic E-state index is 11.8. The third-order valence-corrected chi connectivity index (χ3v) is 6.44. The van der Waals surface area contributed by atoms with Crippen LogP contribution < -0.4 is 5.32 Å². The fraction of sp³-hybridized carbons (Fsp3) is 0.650. The van der Waals surface area contributed by atoms with Gasteiger partial charge in [0.1, 0.15) is 0 Å². The standard InChI is InChI=1S/C20H27NO2/c1-2-23-20(22)14-6-3-5-13(9-14)12-21-19-11-15-10-18(19)17-8-4-7-16(15)17/h3,5-6,9,15-19,21H,2,4,7-8,10-12H2,1H3/t15-,16+,17+,18-,19+/m0/s1. The summed E-state index contributed by atoms with van der Waals surface area (Å²) in [4.78, 5) is 11.8. The number of carbonyl (C=O) groups is 1. The average molecular weight is 313 g/mol. The monoisotopic (exact) mass is 313 g/mol. The number of rotatable bonds is 5. The summed E-state index contributed by atoms with van der Waals surface area (Å²) >= 11 is 0. The Morgan fingerprint density at radius 3 is 2.96 bits per heavy atom. The lowest BCUT2D eigenvalue weighted by Gasteiger charge is -2.32. The fourth-order valence-corrected chi connectivity index (χ4v) is 5.57. The molecule has 1 aromatic carbocycles. The van der Waals surface area contributed by atoms with Gasteiger partial charge in [-0.25, -0.2) is 4.79 Å². The lowest BCUT2D eigenvalue weighted by atomic mass is 9.79. The van der Waals surface area contributed by atoms with Crippen LogP contribution in [0.4, 0.5) is 0 Å². The first-order valence-corrected chi connectivity index (χ1v) is 9.25. The summed E-state index contributed by atoms with van der Waals surface area (Å²) in [6.07, 6.45) is 7.22. The van der Waals surface area contributed by atoms with Crippen molar-refractivity contribution in [2.45, 2.75) is 51.6 Å². The highest BCUT2D eigenvalue weighted by Gasteiger charge is 2.53. The van der Waals surface area contributed by atoms with E-state index >= 15 is 0 Å². The normalized spacial score (nSPS) is 34.6. The SMILES string of the molecule is CCOC(=O)c1cccc(CN[C@@H]2C[C@@H]3C[C@H]2[C@@H]2CCC[C@H]32)c1. The second-order valence-corrected chi connectivity index (χ2v) is 7.56. The lowest BCUT2D eigenvalue weighted by molar-refractivity contribution is 0.0526. The van der Waals surface area contributed by atoms with E-state index in [1.807, 2.05) is 25.1 Å². The van der Waals surface area contributed by atoms with Gasteiger partial charge < -0.3 is 10.1 Å². The predicted octanol–water partition coefficient (Wildman–Crippen LogP) is 3.78. The number of nitrogens with one attached hydrogen (secondary N) is 1. The average Bonchev–Trinajstić information content (AvgIpc) is 3.26. The van der Waals surface area contributed by atoms with E-state index in [1.165, 1.54) is 37.7 Å². The van der Waals surface area contributed by atoms with Gasteiger partial charge in [-0.15, -0.1) is 0 Å². The van der Waals surface area contributed by atoms with Gasteiger partial charge in [0.2, 0.25) is 0 Å². The third-order valence-electron chi connectivity index (χ3n) is 6.44. The molecule has 0 unspecified atom stereocenters. The van der Waals surface area contributed by atoms with E-state index in [4.69, 9.17) is 4.74 Å². The van der Waals surface area contributed by atoms with Crippen LogP contribution in [0.25, 0.3) is 0 Å². The summed E-state index contributed by atoms with van der Waals surface area (Å²) in [6.45, 7) is 3.13. The summed E-state index contributed by atoms with van der Waals surface area (Å²) in [6, 6.07) is 8.54. The van der Waals surface area contributed by atoms with Crippen LogP contribution in [0.1, 0.15) is 54.9 Å². The van der Waals surface area contributed by atoms with Gasteiger partial charge in [0.25, 0.3) is 0 Å². The molecule has 23 heavy (non-hydrogen) atoms. The molecule has 0 radical (unpaired) electrons. The van der Waals surface area contributed by atoms with E-state index in [0.717, 1.165) is 30.2 Å². The number of hydrogen-bond donors (Lipinski definition) is 1. The van der Waals surface area contributed by atoms with Crippen LogP contribution in [0.5, 0.6) is 0 Å². The number of fused-ring (bicyclic) bond motifs is 5. The van der Waals surface area contributed by atoms with Crippen LogP contribution >= 0.6 is 0 Å². The van der Waals surface area contributed by atoms with Crippen molar-refractivity contribution in [2.75, 3.05) is 6.61 Å². The zero-order valence-electron chi connectivity index (χ0n) is 14.0. The van der Waals surface area contributed by atoms with Crippen LogP contribution in [-0.4, -0.2) is 18.6 Å². The van der Waals surface area contributed by atoms with E-state index in [-0.39, 0.29) is 5.97 Å². The van der Waals surface area contributed by atoms with Gasteiger partial charge in [-0.1, -0.05) is 18.6 Å². The van der Waals surface area contributed by atoms with Gasteiger partial charge in [-0.05, 0) is 74.0 Å². The molecule has 0 amide bonds. The highest BCUT2D eigenvalue weighted by atomic mass is 16.5. The topological polar surface area (TPSA) is 38.3 Å². The molecule has 4 rings (SSSR count). The molecule has 3 nitrogen and oxygen atoms in total. The first-order valence-electron chi connectivity index (χ1n) is 9.25. The van der Waals surface area contributed by atoms with E-state index in [9.17, 15) is 4.79 Å². The molecule has 124 valence electrons. The molecular weight excluding hydrogens is 286 g/mol. The molecule has 0 heterocycles. The van der Waals surface area contributed by atoms with Crippen LogP contribution in [0, 0.1) is 23.7 Å². The second-order valence-electron chi connectivity index (χ2n) is 7.56. The maximum atomic E-state index is 11.8. The first kappa shape index (κ1) is 15.2. The number of benzene rings is 1. The van der Waals surface area contributed by atoms with Gasteiger partial charge in [-0.3, -0.25) is 0 Å². The smallest absolute Gasteiger partial charge is 0.338 e. The maximum Gasteiger partial charge on any atom is 0.338 e. The minimum absolute atomic E-state index is 0.219. The van der Waals surface area contributed by atoms with Gasteiger partial charge >= 0.3 is 5.97 Å². The molecule has 5 atom stereocenters. The quantitative estimate of drug-likeness (QED) is 0.841. The van der Waals surface area contributed by atoms with E-state index in [1.54, 1.807) is 0 Å². The molecule has 3 heteroatoms. The Labute approximate surface area is 138 Å². The summed E-state index contributed by atoms with van der Waals surface area (Å²) in [5.74, 6) is 3.71. The molecule has 1 aromatic rings. The number of hydrogen-bond acceptors (Lipinski definition) is 3. The fourth-order valence-electron chi connectivity index (χ4n) is 5.57. The molecule has 0 aromatic heterocycles. The van der Waals surface area contributed by atoms with Crippen molar-refractivity contribution in [1.82, 2.24) is 5.32 Å². The molecule has 3 fully saturated rings. The largest absolute Gasteiger partial charge is 0.462 e. The van der Waals surface area contributed by atoms with Crippen molar-refractivity contribution in [3.63, 3.8) is 0 Å². The van der Waals surface area contributed by atoms with Gasteiger partial charge in [-0.2, -0.15) is 0 Å². The highest BCUT2D eigenvalue weighted by molar-refractivity contribution is 5.89.